The zero-order valence-corrected chi connectivity index (χ0v) is 14.5. The lowest BCUT2D eigenvalue weighted by Gasteiger charge is -2.23. The van der Waals surface area contributed by atoms with Crippen LogP contribution in [-0.2, 0) is 19.2 Å². The van der Waals surface area contributed by atoms with Crippen LogP contribution in [0.3, 0.4) is 0 Å². The second-order valence-electron chi connectivity index (χ2n) is 6.53. The molecule has 138 valence electrons. The van der Waals surface area contributed by atoms with Gasteiger partial charge in [-0.25, -0.2) is 4.79 Å². The molecule has 0 aromatic rings. The van der Waals surface area contributed by atoms with E-state index in [0.717, 1.165) is 0 Å². The third kappa shape index (κ3) is 7.91. The number of nitrogens with one attached hydrogen (secondary N) is 2. The first-order valence-corrected chi connectivity index (χ1v) is 7.83. The smallest absolute Gasteiger partial charge is 0.326 e. The van der Waals surface area contributed by atoms with E-state index in [1.807, 2.05) is 13.8 Å². The Bertz CT molecular complexity index is 478. The topological polar surface area (TPSA) is 165 Å². The fourth-order valence-electron chi connectivity index (χ4n) is 1.95. The number of carboxylic acids is 1. The van der Waals surface area contributed by atoms with Gasteiger partial charge in [0.15, 0.2) is 0 Å². The molecule has 9 nitrogen and oxygen atoms in total. The fourth-order valence-corrected chi connectivity index (χ4v) is 1.95. The van der Waals surface area contributed by atoms with Crippen LogP contribution in [0, 0.1) is 11.8 Å². The van der Waals surface area contributed by atoms with E-state index >= 15 is 0 Å². The molecule has 0 spiro atoms. The van der Waals surface area contributed by atoms with E-state index in [0.29, 0.717) is 0 Å². The third-order valence-corrected chi connectivity index (χ3v) is 3.38. The molecule has 0 saturated heterocycles. The Kier molecular flexibility index (Phi) is 8.97. The molecule has 3 atom stereocenters. The average Bonchev–Trinajstić information content (AvgIpc) is 2.43. The lowest BCUT2D eigenvalue weighted by molar-refractivity contribution is -0.142. The van der Waals surface area contributed by atoms with Gasteiger partial charge in [0.25, 0.3) is 0 Å². The Morgan fingerprint density at radius 2 is 1.46 bits per heavy atom. The Hall–Kier alpha value is -2.16. The summed E-state index contributed by atoms with van der Waals surface area (Å²) in [5.41, 5.74) is 10.8. The number of primary amides is 1. The van der Waals surface area contributed by atoms with E-state index in [1.54, 1.807) is 13.8 Å². The van der Waals surface area contributed by atoms with Crippen molar-refractivity contribution < 1.29 is 24.3 Å². The Labute approximate surface area is 141 Å². The Morgan fingerprint density at radius 3 is 1.83 bits per heavy atom. The summed E-state index contributed by atoms with van der Waals surface area (Å²) >= 11 is 0. The first-order chi connectivity index (χ1) is 11.0. The van der Waals surface area contributed by atoms with Crippen LogP contribution in [0.2, 0.25) is 0 Å². The number of carboxylic acid groups (broad SMARTS) is 1. The van der Waals surface area contributed by atoms with Gasteiger partial charge >= 0.3 is 5.97 Å². The molecule has 0 bridgehead atoms. The monoisotopic (exact) mass is 344 g/mol. The quantitative estimate of drug-likeness (QED) is 0.339. The molecular formula is C15H28N4O5. The van der Waals surface area contributed by atoms with Crippen molar-refractivity contribution >= 4 is 23.7 Å². The SMILES string of the molecule is CC(C)CC(NC(=O)C(CC(N)=O)NC(=O)C(N)C(C)C)C(=O)O. The number of amides is 3. The second-order valence-corrected chi connectivity index (χ2v) is 6.53. The molecule has 0 aliphatic heterocycles. The molecule has 0 saturated carbocycles. The molecule has 7 N–H and O–H groups in total. The number of nitrogens with two attached hydrogens (primary N) is 2. The van der Waals surface area contributed by atoms with Gasteiger partial charge in [0.05, 0.1) is 12.5 Å². The van der Waals surface area contributed by atoms with Gasteiger partial charge < -0.3 is 27.2 Å². The van der Waals surface area contributed by atoms with E-state index in [-0.39, 0.29) is 18.3 Å². The van der Waals surface area contributed by atoms with Gasteiger partial charge in [-0.1, -0.05) is 27.7 Å². The highest BCUT2D eigenvalue weighted by Gasteiger charge is 2.29. The van der Waals surface area contributed by atoms with Crippen molar-refractivity contribution in [2.24, 2.45) is 23.3 Å². The minimum Gasteiger partial charge on any atom is -0.480 e. The highest BCUT2D eigenvalue weighted by molar-refractivity contribution is 5.94. The van der Waals surface area contributed by atoms with Crippen molar-refractivity contribution in [3.8, 4) is 0 Å². The molecular weight excluding hydrogens is 316 g/mol. The molecule has 3 amide bonds. The van der Waals surface area contributed by atoms with Crippen LogP contribution in [0.15, 0.2) is 0 Å². The summed E-state index contributed by atoms with van der Waals surface area (Å²) in [7, 11) is 0. The van der Waals surface area contributed by atoms with Crippen LogP contribution in [0.4, 0.5) is 0 Å². The molecule has 3 unspecified atom stereocenters. The molecule has 0 radical (unpaired) electrons. The molecule has 0 heterocycles. The van der Waals surface area contributed by atoms with Crippen molar-refractivity contribution in [1.29, 1.82) is 0 Å². The maximum absolute atomic E-state index is 12.3. The van der Waals surface area contributed by atoms with Crippen LogP contribution in [0.1, 0.15) is 40.5 Å². The molecule has 0 aromatic carbocycles. The van der Waals surface area contributed by atoms with Gasteiger partial charge in [0.2, 0.25) is 17.7 Å². The van der Waals surface area contributed by atoms with Crippen LogP contribution in [0.25, 0.3) is 0 Å². The van der Waals surface area contributed by atoms with Crippen LogP contribution in [-0.4, -0.2) is 46.9 Å². The molecule has 24 heavy (non-hydrogen) atoms. The minimum atomic E-state index is -1.27. The van der Waals surface area contributed by atoms with Crippen molar-refractivity contribution in [1.82, 2.24) is 10.6 Å². The number of carbonyl (C=O) groups excluding carboxylic acids is 3. The molecule has 0 aromatic heterocycles. The number of hydrogen-bond donors (Lipinski definition) is 5. The summed E-state index contributed by atoms with van der Waals surface area (Å²) in [5.74, 6) is -3.53. The van der Waals surface area contributed by atoms with Crippen molar-refractivity contribution in [3.05, 3.63) is 0 Å². The summed E-state index contributed by atoms with van der Waals surface area (Å²) in [6.07, 6.45) is -0.236. The Morgan fingerprint density at radius 1 is 0.958 bits per heavy atom. The fraction of sp³-hybridized carbons (Fsp3) is 0.733. The summed E-state index contributed by atoms with van der Waals surface area (Å²) in [6.45, 7) is 7.09. The van der Waals surface area contributed by atoms with E-state index in [4.69, 9.17) is 16.6 Å². The predicted molar refractivity (Wildman–Crippen MR) is 87.6 cm³/mol. The van der Waals surface area contributed by atoms with Crippen LogP contribution >= 0.6 is 0 Å². The highest BCUT2D eigenvalue weighted by Crippen LogP contribution is 2.06. The largest absolute Gasteiger partial charge is 0.480 e. The van der Waals surface area contributed by atoms with Crippen molar-refractivity contribution in [2.45, 2.75) is 58.7 Å². The molecule has 0 aliphatic carbocycles. The van der Waals surface area contributed by atoms with E-state index in [1.165, 1.54) is 0 Å². The first-order valence-electron chi connectivity index (χ1n) is 7.83. The minimum absolute atomic E-state index is 0.0324. The lowest BCUT2D eigenvalue weighted by Crippen LogP contribution is -2.56. The maximum Gasteiger partial charge on any atom is 0.326 e. The summed E-state index contributed by atoms with van der Waals surface area (Å²) in [5, 5.41) is 13.8. The second kappa shape index (κ2) is 9.86. The number of rotatable bonds is 10. The lowest BCUT2D eigenvalue weighted by atomic mass is 10.0. The van der Waals surface area contributed by atoms with Gasteiger partial charge in [-0.3, -0.25) is 14.4 Å². The normalized spacial score (nSPS) is 14.8. The standard InChI is InChI=1S/C15H28N4O5/c1-7(2)5-10(15(23)24)19-13(21)9(6-11(16)20)18-14(22)12(17)8(3)4/h7-10,12H,5-6,17H2,1-4H3,(H2,16,20)(H,18,22)(H,19,21)(H,23,24). The van der Waals surface area contributed by atoms with Gasteiger partial charge in [-0.05, 0) is 18.3 Å². The Balaban J connectivity index is 5.08. The first kappa shape index (κ1) is 21.8. The van der Waals surface area contributed by atoms with Crippen molar-refractivity contribution in [3.63, 3.8) is 0 Å². The zero-order valence-electron chi connectivity index (χ0n) is 14.5. The summed E-state index contributed by atoms with van der Waals surface area (Å²) < 4.78 is 0. The number of carbonyl (C=O) groups is 4. The maximum atomic E-state index is 12.3. The van der Waals surface area contributed by atoms with E-state index in [9.17, 15) is 19.2 Å². The van der Waals surface area contributed by atoms with Gasteiger partial charge in [0, 0.05) is 0 Å². The van der Waals surface area contributed by atoms with Gasteiger partial charge in [-0.2, -0.15) is 0 Å². The van der Waals surface area contributed by atoms with E-state index < -0.39 is 48.2 Å². The molecule has 0 rings (SSSR count). The number of aliphatic carboxylic acids is 1. The predicted octanol–water partition coefficient (Wildman–Crippen LogP) is -1.05. The molecule has 9 heteroatoms. The van der Waals surface area contributed by atoms with Crippen molar-refractivity contribution in [2.75, 3.05) is 0 Å². The average molecular weight is 344 g/mol. The van der Waals surface area contributed by atoms with Crippen LogP contribution < -0.4 is 22.1 Å². The molecule has 0 aliphatic rings. The molecule has 0 fully saturated rings. The zero-order chi connectivity index (χ0) is 19.0. The van der Waals surface area contributed by atoms with Gasteiger partial charge in [-0.15, -0.1) is 0 Å². The summed E-state index contributed by atoms with van der Waals surface area (Å²) in [4.78, 5) is 46.6. The highest BCUT2D eigenvalue weighted by atomic mass is 16.4. The number of hydrogen-bond acceptors (Lipinski definition) is 5. The van der Waals surface area contributed by atoms with Gasteiger partial charge in [0.1, 0.15) is 12.1 Å². The third-order valence-electron chi connectivity index (χ3n) is 3.38. The van der Waals surface area contributed by atoms with E-state index in [2.05, 4.69) is 10.6 Å². The van der Waals surface area contributed by atoms with Crippen LogP contribution in [0.5, 0.6) is 0 Å². The summed E-state index contributed by atoms with van der Waals surface area (Å²) in [6, 6.07) is -3.25.